The Morgan fingerprint density at radius 2 is 2.08 bits per heavy atom. The van der Waals surface area contributed by atoms with Crippen molar-refractivity contribution < 1.29 is 9.53 Å². The van der Waals surface area contributed by atoms with Crippen LogP contribution in [0.3, 0.4) is 0 Å². The van der Waals surface area contributed by atoms with Gasteiger partial charge in [0.2, 0.25) is 11.7 Å². The van der Waals surface area contributed by atoms with Crippen molar-refractivity contribution >= 4 is 11.7 Å². The van der Waals surface area contributed by atoms with Crippen molar-refractivity contribution in [2.75, 3.05) is 0 Å². The smallest absolute Gasteiger partial charge is 0.271 e. The summed E-state index contributed by atoms with van der Waals surface area (Å²) in [6, 6.07) is 5.55. The molecule has 0 saturated heterocycles. The molecule has 25 heavy (non-hydrogen) atoms. The first kappa shape index (κ1) is 15.6. The highest BCUT2D eigenvalue weighted by Gasteiger charge is 2.19. The molecule has 3 aromatic rings. The second-order valence-corrected chi connectivity index (χ2v) is 6.13. The van der Waals surface area contributed by atoms with E-state index in [2.05, 4.69) is 20.3 Å². The molecule has 128 valence electrons. The molecule has 0 unspecified atom stereocenters. The van der Waals surface area contributed by atoms with Crippen molar-refractivity contribution in [2.24, 2.45) is 0 Å². The van der Waals surface area contributed by atoms with Crippen LogP contribution in [0, 0.1) is 0 Å². The molecule has 3 heterocycles. The van der Waals surface area contributed by atoms with Gasteiger partial charge in [0.1, 0.15) is 11.8 Å². The van der Waals surface area contributed by atoms with Crippen molar-refractivity contribution in [3.8, 4) is 5.88 Å². The number of carbonyl (C=O) groups excluding carboxylic acids is 1. The minimum absolute atomic E-state index is 0.230. The van der Waals surface area contributed by atoms with Crippen LogP contribution in [-0.4, -0.2) is 31.4 Å². The van der Waals surface area contributed by atoms with Crippen molar-refractivity contribution in [3.63, 3.8) is 0 Å². The minimum atomic E-state index is -0.249. The molecule has 1 N–H and O–H groups in total. The number of ether oxygens (including phenoxy) is 1. The predicted molar refractivity (Wildman–Crippen MR) is 91.3 cm³/mol. The van der Waals surface area contributed by atoms with Crippen molar-refractivity contribution in [3.05, 3.63) is 54.2 Å². The molecular formula is C18H19N5O2. The summed E-state index contributed by atoms with van der Waals surface area (Å²) in [5.41, 5.74) is 1.20. The van der Waals surface area contributed by atoms with E-state index in [4.69, 9.17) is 4.74 Å². The van der Waals surface area contributed by atoms with Gasteiger partial charge in [0.15, 0.2) is 0 Å². The molecule has 1 aliphatic rings. The van der Waals surface area contributed by atoms with Gasteiger partial charge < -0.3 is 10.1 Å². The molecule has 7 heteroatoms. The number of imidazole rings is 1. The van der Waals surface area contributed by atoms with E-state index in [0.29, 0.717) is 23.9 Å². The largest absolute Gasteiger partial charge is 0.474 e. The average Bonchev–Trinajstić information content (AvgIpc) is 3.30. The van der Waals surface area contributed by atoms with Gasteiger partial charge in [0.25, 0.3) is 5.91 Å². The Morgan fingerprint density at radius 1 is 1.24 bits per heavy atom. The first-order valence-corrected chi connectivity index (χ1v) is 8.48. The number of pyridine rings is 1. The first-order valence-electron chi connectivity index (χ1n) is 8.48. The summed E-state index contributed by atoms with van der Waals surface area (Å²) in [6.45, 7) is 0.343. The summed E-state index contributed by atoms with van der Waals surface area (Å²) in [5, 5.41) is 2.88. The second-order valence-electron chi connectivity index (χ2n) is 6.13. The summed E-state index contributed by atoms with van der Waals surface area (Å²) in [7, 11) is 0. The summed E-state index contributed by atoms with van der Waals surface area (Å²) in [4.78, 5) is 25.0. The highest BCUT2D eigenvalue weighted by Crippen LogP contribution is 2.24. The number of aromatic nitrogens is 4. The molecule has 1 aliphatic carbocycles. The summed E-state index contributed by atoms with van der Waals surface area (Å²) < 4.78 is 7.72. The lowest BCUT2D eigenvalue weighted by molar-refractivity contribution is 0.0946. The zero-order chi connectivity index (χ0) is 17.1. The fourth-order valence-corrected chi connectivity index (χ4v) is 3.03. The molecule has 4 rings (SSSR count). The zero-order valence-electron chi connectivity index (χ0n) is 13.8. The second kappa shape index (κ2) is 6.88. The quantitative estimate of drug-likeness (QED) is 0.773. The fourth-order valence-electron chi connectivity index (χ4n) is 3.03. The van der Waals surface area contributed by atoms with Crippen molar-refractivity contribution in [2.45, 2.75) is 38.3 Å². The van der Waals surface area contributed by atoms with Gasteiger partial charge in [0, 0.05) is 36.9 Å². The highest BCUT2D eigenvalue weighted by molar-refractivity contribution is 5.92. The number of nitrogens with one attached hydrogen (secondary N) is 1. The van der Waals surface area contributed by atoms with E-state index in [-0.39, 0.29) is 12.0 Å². The summed E-state index contributed by atoms with van der Waals surface area (Å²) >= 11 is 0. The van der Waals surface area contributed by atoms with E-state index in [0.717, 1.165) is 18.4 Å². The van der Waals surface area contributed by atoms with Gasteiger partial charge in [-0.2, -0.15) is 0 Å². The minimum Gasteiger partial charge on any atom is -0.474 e. The van der Waals surface area contributed by atoms with E-state index in [9.17, 15) is 4.79 Å². The van der Waals surface area contributed by atoms with Crippen LogP contribution in [-0.2, 0) is 6.54 Å². The van der Waals surface area contributed by atoms with Crippen LogP contribution >= 0.6 is 0 Å². The Hall–Kier alpha value is -2.96. The standard InChI is InChI=1S/C18H19N5O2/c24-16(15-12-23-10-4-9-20-18(23)22-15)21-11-13-5-3-8-19-17(13)25-14-6-1-2-7-14/h3-5,8-10,12,14H,1-2,6-7,11H2,(H,21,24). The number of rotatable bonds is 5. The van der Waals surface area contributed by atoms with Crippen LogP contribution in [0.25, 0.3) is 5.78 Å². The normalized spacial score (nSPS) is 14.7. The van der Waals surface area contributed by atoms with E-state index in [1.807, 2.05) is 12.1 Å². The summed E-state index contributed by atoms with van der Waals surface area (Å²) in [6.07, 6.45) is 11.6. The number of amides is 1. The summed E-state index contributed by atoms with van der Waals surface area (Å²) in [5.74, 6) is 0.854. The third-order valence-electron chi connectivity index (χ3n) is 4.34. The molecule has 0 bridgehead atoms. The Labute approximate surface area is 145 Å². The van der Waals surface area contributed by atoms with E-state index in [1.165, 1.54) is 12.8 Å². The molecule has 0 aromatic carbocycles. The van der Waals surface area contributed by atoms with Crippen LogP contribution in [0.2, 0.25) is 0 Å². The van der Waals surface area contributed by atoms with Crippen molar-refractivity contribution in [1.29, 1.82) is 0 Å². The van der Waals surface area contributed by atoms with Crippen LogP contribution in [0.5, 0.6) is 5.88 Å². The average molecular weight is 337 g/mol. The third kappa shape index (κ3) is 3.45. The molecule has 3 aromatic heterocycles. The van der Waals surface area contributed by atoms with Gasteiger partial charge in [0.05, 0.1) is 0 Å². The van der Waals surface area contributed by atoms with Crippen LogP contribution in [0.1, 0.15) is 41.7 Å². The highest BCUT2D eigenvalue weighted by atomic mass is 16.5. The number of nitrogens with zero attached hydrogens (tertiary/aromatic N) is 4. The van der Waals surface area contributed by atoms with Gasteiger partial charge in [-0.05, 0) is 37.8 Å². The maximum Gasteiger partial charge on any atom is 0.271 e. The molecule has 1 fully saturated rings. The SMILES string of the molecule is O=C(NCc1cccnc1OC1CCCC1)c1cn2cccnc2n1. The van der Waals surface area contributed by atoms with Gasteiger partial charge >= 0.3 is 0 Å². The number of fused-ring (bicyclic) bond motifs is 1. The maximum atomic E-state index is 12.4. The van der Waals surface area contributed by atoms with Crippen LogP contribution in [0.4, 0.5) is 0 Å². The lowest BCUT2D eigenvalue weighted by Crippen LogP contribution is -2.24. The number of hydrogen-bond donors (Lipinski definition) is 1. The van der Waals surface area contributed by atoms with E-state index in [1.54, 1.807) is 35.3 Å². The van der Waals surface area contributed by atoms with Gasteiger partial charge in [-0.3, -0.25) is 9.20 Å². The van der Waals surface area contributed by atoms with E-state index >= 15 is 0 Å². The van der Waals surface area contributed by atoms with Crippen LogP contribution < -0.4 is 10.1 Å². The Kier molecular flexibility index (Phi) is 4.28. The predicted octanol–water partition coefficient (Wildman–Crippen LogP) is 2.38. The Balaban J connectivity index is 1.44. The van der Waals surface area contributed by atoms with Gasteiger partial charge in [-0.25, -0.2) is 15.0 Å². The molecule has 7 nitrogen and oxygen atoms in total. The molecule has 0 radical (unpaired) electrons. The van der Waals surface area contributed by atoms with Gasteiger partial charge in [-0.15, -0.1) is 0 Å². The molecule has 0 spiro atoms. The molecule has 0 aliphatic heterocycles. The lowest BCUT2D eigenvalue weighted by atomic mass is 10.2. The van der Waals surface area contributed by atoms with E-state index < -0.39 is 0 Å². The number of hydrogen-bond acceptors (Lipinski definition) is 5. The third-order valence-corrected chi connectivity index (χ3v) is 4.34. The maximum absolute atomic E-state index is 12.4. The van der Waals surface area contributed by atoms with Crippen LogP contribution in [0.15, 0.2) is 43.0 Å². The molecule has 1 amide bonds. The fraction of sp³-hybridized carbons (Fsp3) is 0.333. The van der Waals surface area contributed by atoms with Crippen molar-refractivity contribution in [1.82, 2.24) is 24.7 Å². The lowest BCUT2D eigenvalue weighted by Gasteiger charge is -2.15. The molecule has 0 atom stereocenters. The topological polar surface area (TPSA) is 81.4 Å². The molecular weight excluding hydrogens is 318 g/mol. The monoisotopic (exact) mass is 337 g/mol. The zero-order valence-corrected chi connectivity index (χ0v) is 13.8. The Morgan fingerprint density at radius 3 is 2.92 bits per heavy atom. The number of carbonyl (C=O) groups is 1. The Bertz CT molecular complexity index is 853. The first-order chi connectivity index (χ1) is 12.3. The molecule has 1 saturated carbocycles. The van der Waals surface area contributed by atoms with Gasteiger partial charge in [-0.1, -0.05) is 6.07 Å².